The third-order valence-electron chi connectivity index (χ3n) is 3.90. The molecule has 34 heavy (non-hydrogen) atoms. The summed E-state index contributed by atoms with van der Waals surface area (Å²) in [5.74, 6) is -14.8. The molecule has 1 N–H and O–H groups in total. The highest BCUT2D eigenvalue weighted by molar-refractivity contribution is 8.00. The molecule has 1 amide bonds. The number of isocyanates is 1. The number of amides is 1. The van der Waals surface area contributed by atoms with Gasteiger partial charge in [-0.05, 0) is 42.1 Å². The molecular formula is C18H7Cl2F9N2O2S. The van der Waals surface area contributed by atoms with E-state index >= 15 is 0 Å². The van der Waals surface area contributed by atoms with Gasteiger partial charge in [0.15, 0.2) is 0 Å². The Balaban J connectivity index is 2.33. The molecule has 0 aromatic heterocycles. The lowest BCUT2D eigenvalue weighted by molar-refractivity contribution is -0.381. The Kier molecular flexibility index (Phi) is 7.93. The van der Waals surface area contributed by atoms with E-state index < -0.39 is 61.6 Å². The number of thioether (sulfide) groups is 1. The molecule has 0 unspecified atom stereocenters. The van der Waals surface area contributed by atoms with E-state index in [0.717, 1.165) is 6.07 Å². The van der Waals surface area contributed by atoms with Crippen molar-refractivity contribution in [2.24, 2.45) is 4.99 Å². The first-order valence-electron chi connectivity index (χ1n) is 8.32. The fraction of sp³-hybridized carbons (Fsp3) is 0.222. The minimum absolute atomic E-state index is 0.0467. The summed E-state index contributed by atoms with van der Waals surface area (Å²) in [4.78, 5) is 24.9. The summed E-state index contributed by atoms with van der Waals surface area (Å²) in [6.45, 7) is 0. The highest BCUT2D eigenvalue weighted by atomic mass is 35.5. The number of aliphatic imine (C=N–C) groups is 1. The van der Waals surface area contributed by atoms with E-state index in [1.165, 1.54) is 24.3 Å². The van der Waals surface area contributed by atoms with Gasteiger partial charge in [0.2, 0.25) is 6.08 Å². The number of carbonyl (C=O) groups is 1. The van der Waals surface area contributed by atoms with Gasteiger partial charge in [-0.3, -0.25) is 4.79 Å². The van der Waals surface area contributed by atoms with Crippen molar-refractivity contribution >= 4 is 58.3 Å². The van der Waals surface area contributed by atoms with Crippen LogP contribution in [-0.2, 0) is 4.79 Å². The second-order valence-electron chi connectivity index (χ2n) is 6.23. The first kappa shape index (κ1) is 27.8. The minimum Gasteiger partial charge on any atom is -0.319 e. The van der Waals surface area contributed by atoms with Crippen molar-refractivity contribution in [3.05, 3.63) is 52.0 Å². The van der Waals surface area contributed by atoms with Gasteiger partial charge in [0.05, 0.1) is 21.4 Å². The molecule has 0 aliphatic rings. The molecule has 0 aliphatic carbocycles. The molecule has 0 bridgehead atoms. The molecule has 2 rings (SSSR count). The Hall–Kier alpha value is -2.41. The van der Waals surface area contributed by atoms with E-state index in [-0.39, 0.29) is 11.3 Å². The molecule has 0 atom stereocenters. The lowest BCUT2D eigenvalue weighted by atomic mass is 10.1. The third-order valence-corrected chi connectivity index (χ3v) is 5.48. The predicted molar refractivity (Wildman–Crippen MR) is 105 cm³/mol. The molecule has 0 radical (unpaired) electrons. The van der Waals surface area contributed by atoms with Crippen LogP contribution in [0.25, 0.3) is 0 Å². The van der Waals surface area contributed by atoms with Crippen LogP contribution in [0.3, 0.4) is 0 Å². The number of alkyl halides is 9. The van der Waals surface area contributed by atoms with Crippen LogP contribution >= 0.6 is 35.0 Å². The predicted octanol–water partition coefficient (Wildman–Crippen LogP) is 7.73. The molecular weight excluding hydrogens is 550 g/mol. The molecule has 0 saturated carbocycles. The Labute approximate surface area is 198 Å². The molecule has 0 saturated heterocycles. The minimum atomic E-state index is -7.06. The molecule has 2 aromatic rings. The number of nitrogens with one attached hydrogen (secondary N) is 1. The monoisotopic (exact) mass is 556 g/mol. The summed E-state index contributed by atoms with van der Waals surface area (Å²) in [6.07, 6.45) is -5.71. The van der Waals surface area contributed by atoms with Crippen molar-refractivity contribution in [3.63, 3.8) is 0 Å². The van der Waals surface area contributed by atoms with E-state index in [1.807, 2.05) is 0 Å². The summed E-state index contributed by atoms with van der Waals surface area (Å²) in [5, 5.41) is -5.05. The fourth-order valence-corrected chi connectivity index (χ4v) is 3.87. The number of benzene rings is 2. The van der Waals surface area contributed by atoms with Gasteiger partial charge in [-0.2, -0.15) is 44.5 Å². The van der Waals surface area contributed by atoms with Gasteiger partial charge >= 0.3 is 23.3 Å². The first-order valence-corrected chi connectivity index (χ1v) is 9.89. The summed E-state index contributed by atoms with van der Waals surface area (Å²) in [6, 6.07) is 6.11. The van der Waals surface area contributed by atoms with E-state index in [2.05, 4.69) is 10.3 Å². The van der Waals surface area contributed by atoms with Crippen LogP contribution in [0.1, 0.15) is 10.4 Å². The molecule has 16 heteroatoms. The molecule has 0 fully saturated rings. The summed E-state index contributed by atoms with van der Waals surface area (Å²) < 4.78 is 117. The maximum atomic E-state index is 13.9. The number of carbonyl (C=O) groups excluding carboxylic acids is 2. The van der Waals surface area contributed by atoms with Crippen molar-refractivity contribution in [2.75, 3.05) is 5.32 Å². The largest absolute Gasteiger partial charge is 0.460 e. The van der Waals surface area contributed by atoms with Gasteiger partial charge in [0.25, 0.3) is 5.91 Å². The van der Waals surface area contributed by atoms with Gasteiger partial charge in [0, 0.05) is 10.5 Å². The van der Waals surface area contributed by atoms with Crippen molar-refractivity contribution in [1.29, 1.82) is 0 Å². The second-order valence-corrected chi connectivity index (χ2v) is 8.24. The first-order chi connectivity index (χ1) is 15.4. The van der Waals surface area contributed by atoms with Crippen LogP contribution in [0.2, 0.25) is 10.0 Å². The maximum absolute atomic E-state index is 13.9. The summed E-state index contributed by atoms with van der Waals surface area (Å²) in [5.41, 5.74) is -0.453. The topological polar surface area (TPSA) is 58.5 Å². The Morgan fingerprint density at radius 3 is 1.97 bits per heavy atom. The zero-order valence-electron chi connectivity index (χ0n) is 15.8. The van der Waals surface area contributed by atoms with Crippen LogP contribution in [0.15, 0.2) is 46.3 Å². The average Bonchev–Trinajstić information content (AvgIpc) is 2.69. The molecule has 0 heterocycles. The fourth-order valence-electron chi connectivity index (χ4n) is 2.26. The van der Waals surface area contributed by atoms with Crippen molar-refractivity contribution < 1.29 is 49.1 Å². The lowest BCUT2D eigenvalue weighted by Crippen LogP contribution is -2.59. The Morgan fingerprint density at radius 2 is 1.47 bits per heavy atom. The van der Waals surface area contributed by atoms with Gasteiger partial charge in [-0.1, -0.05) is 29.3 Å². The highest BCUT2D eigenvalue weighted by Crippen LogP contribution is 2.58. The van der Waals surface area contributed by atoms with E-state index in [0.29, 0.717) is 12.1 Å². The van der Waals surface area contributed by atoms with Gasteiger partial charge < -0.3 is 5.32 Å². The van der Waals surface area contributed by atoms with Crippen molar-refractivity contribution in [3.8, 4) is 0 Å². The zero-order chi connectivity index (χ0) is 26.1. The Bertz CT molecular complexity index is 1130. The zero-order valence-corrected chi connectivity index (χ0v) is 18.1. The number of hydrogen-bond donors (Lipinski definition) is 1. The number of halogens is 11. The van der Waals surface area contributed by atoms with Crippen LogP contribution in [0.4, 0.5) is 50.9 Å². The molecule has 2 aromatic carbocycles. The third kappa shape index (κ3) is 5.45. The number of rotatable bonds is 7. The number of hydrogen-bond acceptors (Lipinski definition) is 4. The quantitative estimate of drug-likeness (QED) is 0.164. The molecule has 4 nitrogen and oxygen atoms in total. The van der Waals surface area contributed by atoms with Crippen LogP contribution in [0.5, 0.6) is 0 Å². The lowest BCUT2D eigenvalue weighted by Gasteiger charge is -2.33. The second kappa shape index (κ2) is 9.68. The van der Waals surface area contributed by atoms with Crippen molar-refractivity contribution in [1.82, 2.24) is 0 Å². The molecule has 0 aliphatic heterocycles. The number of nitrogens with zero attached hydrogens (tertiary/aromatic N) is 1. The Morgan fingerprint density at radius 1 is 0.912 bits per heavy atom. The van der Waals surface area contributed by atoms with Crippen molar-refractivity contribution in [2.45, 2.75) is 28.2 Å². The van der Waals surface area contributed by atoms with E-state index in [1.54, 1.807) is 0 Å². The summed E-state index contributed by atoms with van der Waals surface area (Å²) in [7, 11) is 0. The van der Waals surface area contributed by atoms with E-state index in [9.17, 15) is 49.1 Å². The van der Waals surface area contributed by atoms with Crippen LogP contribution < -0.4 is 5.32 Å². The van der Waals surface area contributed by atoms with Gasteiger partial charge in [-0.15, -0.1) is 0 Å². The van der Waals surface area contributed by atoms with Gasteiger partial charge in [0.1, 0.15) is 0 Å². The summed E-state index contributed by atoms with van der Waals surface area (Å²) >= 11 is 10.3. The van der Waals surface area contributed by atoms with E-state index in [4.69, 9.17) is 23.2 Å². The van der Waals surface area contributed by atoms with Gasteiger partial charge in [-0.25, -0.2) is 4.79 Å². The maximum Gasteiger partial charge on any atom is 0.460 e. The molecule has 184 valence electrons. The highest BCUT2D eigenvalue weighted by Gasteiger charge is 2.82. The molecule has 0 spiro atoms. The SMILES string of the molecule is O=C=Nc1cccc(C(=O)Nc2c(Cl)cc(SC(F)(F)C(F)(F)C(F)(F)C(F)(F)F)cc2Cl)c1. The average molecular weight is 557 g/mol. The normalized spacial score (nSPS) is 12.8. The van der Waals surface area contributed by atoms with Crippen LogP contribution in [-0.4, -0.2) is 35.3 Å². The standard InChI is InChI=1S/C18H7Cl2F9N2O2S/c19-11-5-10(34-18(28,29)16(23,24)15(21,22)17(25,26)27)6-12(20)13(11)31-14(33)8-2-1-3-9(4-8)30-7-32/h1-6H,(H,31,33). The number of anilines is 1. The van der Waals surface area contributed by atoms with Crippen LogP contribution in [0, 0.1) is 0 Å². The smallest absolute Gasteiger partial charge is 0.319 e.